The van der Waals surface area contributed by atoms with Gasteiger partial charge in [0.1, 0.15) is 5.75 Å². The van der Waals surface area contributed by atoms with Crippen molar-refractivity contribution in [3.05, 3.63) is 59.4 Å². The van der Waals surface area contributed by atoms with Gasteiger partial charge >= 0.3 is 0 Å². The summed E-state index contributed by atoms with van der Waals surface area (Å²) in [6.45, 7) is 2.16. The average Bonchev–Trinajstić information content (AvgIpc) is 3.05. The Bertz CT molecular complexity index is 982. The van der Waals surface area contributed by atoms with E-state index in [1.807, 2.05) is 63.8 Å². The molecule has 1 fully saturated rings. The highest BCUT2D eigenvalue weighted by molar-refractivity contribution is 7.71. The average molecular weight is 397 g/mol. The molecule has 0 amide bonds. The minimum Gasteiger partial charge on any atom is -0.497 e. The number of likely N-dealkylation sites (tertiary alicyclic amines) is 1. The Hall–Kier alpha value is -2.48. The van der Waals surface area contributed by atoms with Crippen molar-refractivity contribution in [2.45, 2.75) is 25.6 Å². The Morgan fingerprint density at radius 1 is 1.14 bits per heavy atom. The van der Waals surface area contributed by atoms with Crippen LogP contribution in [-0.4, -0.2) is 50.7 Å². The van der Waals surface area contributed by atoms with Gasteiger partial charge in [0.05, 0.1) is 19.9 Å². The molecule has 0 unspecified atom stereocenters. The summed E-state index contributed by atoms with van der Waals surface area (Å²) in [5, 5.41) is 14.8. The standard InChI is InChI=1S/C21H24N4O2S/c1-27-19-11-9-16(10-12-19)20-22-24(15-23-13-5-8-18(26)14-23)21(28)25(20)17-6-3-2-4-7-17/h2-4,6-7,9-12,18,26H,5,8,13-15H2,1H3/t18-/m0/s1. The Balaban J connectivity index is 1.76. The monoisotopic (exact) mass is 396 g/mol. The fourth-order valence-electron chi connectivity index (χ4n) is 3.59. The van der Waals surface area contributed by atoms with Crippen LogP contribution < -0.4 is 4.74 Å². The predicted molar refractivity (Wildman–Crippen MR) is 111 cm³/mol. The van der Waals surface area contributed by atoms with E-state index >= 15 is 0 Å². The van der Waals surface area contributed by atoms with Crippen LogP contribution >= 0.6 is 12.2 Å². The largest absolute Gasteiger partial charge is 0.497 e. The van der Waals surface area contributed by atoms with E-state index in [9.17, 15) is 5.11 Å². The van der Waals surface area contributed by atoms with Gasteiger partial charge in [0.2, 0.25) is 4.77 Å². The van der Waals surface area contributed by atoms with Crippen molar-refractivity contribution in [2.75, 3.05) is 20.2 Å². The Kier molecular flexibility index (Phi) is 5.57. The number of aromatic nitrogens is 3. The van der Waals surface area contributed by atoms with Gasteiger partial charge < -0.3 is 9.84 Å². The van der Waals surface area contributed by atoms with E-state index in [0.29, 0.717) is 18.0 Å². The molecule has 0 saturated carbocycles. The third-order valence-corrected chi connectivity index (χ3v) is 5.41. The smallest absolute Gasteiger partial charge is 0.204 e. The van der Waals surface area contributed by atoms with Crippen LogP contribution in [0.4, 0.5) is 0 Å². The first-order chi connectivity index (χ1) is 13.7. The maximum absolute atomic E-state index is 9.98. The number of para-hydroxylation sites is 1. The van der Waals surface area contributed by atoms with E-state index in [4.69, 9.17) is 22.1 Å². The van der Waals surface area contributed by atoms with Gasteiger partial charge in [-0.05, 0) is 61.5 Å². The fraction of sp³-hybridized carbons (Fsp3) is 0.333. The van der Waals surface area contributed by atoms with Gasteiger partial charge in [0.15, 0.2) is 5.82 Å². The number of β-amino-alcohol motifs (C(OH)–C–C–N with tert-alkyl or cyclic N) is 1. The molecule has 6 nitrogen and oxygen atoms in total. The molecule has 0 bridgehead atoms. The molecule has 1 aliphatic heterocycles. The van der Waals surface area contributed by atoms with Crippen molar-refractivity contribution in [1.82, 2.24) is 19.2 Å². The number of ether oxygens (including phenoxy) is 1. The molecule has 0 aliphatic carbocycles. The Labute approximate surface area is 169 Å². The van der Waals surface area contributed by atoms with Crippen LogP contribution in [0.5, 0.6) is 5.75 Å². The summed E-state index contributed by atoms with van der Waals surface area (Å²) in [6.07, 6.45) is 1.57. The third kappa shape index (κ3) is 3.87. The molecule has 7 heteroatoms. The molecule has 2 heterocycles. The van der Waals surface area contributed by atoms with Gasteiger partial charge in [0, 0.05) is 24.3 Å². The van der Waals surface area contributed by atoms with Crippen LogP contribution in [-0.2, 0) is 6.67 Å². The summed E-state index contributed by atoms with van der Waals surface area (Å²) in [5.74, 6) is 1.59. The van der Waals surface area contributed by atoms with Gasteiger partial charge in [-0.15, -0.1) is 5.10 Å². The lowest BCUT2D eigenvalue weighted by molar-refractivity contribution is 0.0513. The molecular weight excluding hydrogens is 372 g/mol. The molecule has 3 aromatic rings. The van der Waals surface area contributed by atoms with Crippen molar-refractivity contribution in [2.24, 2.45) is 0 Å². The first-order valence-corrected chi connectivity index (χ1v) is 9.86. The van der Waals surface area contributed by atoms with E-state index in [1.54, 1.807) is 7.11 Å². The highest BCUT2D eigenvalue weighted by Crippen LogP contribution is 2.25. The number of nitrogens with zero attached hydrogens (tertiary/aromatic N) is 4. The topological polar surface area (TPSA) is 55.4 Å². The third-order valence-electron chi connectivity index (χ3n) is 5.02. The number of methoxy groups -OCH3 is 1. The quantitative estimate of drug-likeness (QED) is 0.669. The number of benzene rings is 2. The first-order valence-electron chi connectivity index (χ1n) is 9.46. The van der Waals surface area contributed by atoms with E-state index in [-0.39, 0.29) is 6.10 Å². The van der Waals surface area contributed by atoms with Crippen LogP contribution in [0.25, 0.3) is 17.1 Å². The normalized spacial score (nSPS) is 17.6. The Morgan fingerprint density at radius 2 is 1.89 bits per heavy atom. The molecule has 0 radical (unpaired) electrons. The number of piperidine rings is 1. The van der Waals surface area contributed by atoms with Gasteiger partial charge in [-0.1, -0.05) is 18.2 Å². The van der Waals surface area contributed by atoms with Crippen molar-refractivity contribution in [3.63, 3.8) is 0 Å². The zero-order valence-electron chi connectivity index (χ0n) is 15.9. The number of aliphatic hydroxyl groups is 1. The second-order valence-corrected chi connectivity index (χ2v) is 7.38. The molecule has 1 saturated heterocycles. The molecule has 146 valence electrons. The molecule has 1 aromatic heterocycles. The van der Waals surface area contributed by atoms with Gasteiger partial charge in [-0.2, -0.15) is 0 Å². The minimum atomic E-state index is -0.278. The second-order valence-electron chi connectivity index (χ2n) is 7.02. The molecule has 4 rings (SSSR count). The van der Waals surface area contributed by atoms with E-state index in [2.05, 4.69) is 4.90 Å². The van der Waals surface area contributed by atoms with E-state index < -0.39 is 0 Å². The minimum absolute atomic E-state index is 0.278. The molecule has 0 spiro atoms. The van der Waals surface area contributed by atoms with E-state index in [0.717, 1.165) is 42.2 Å². The number of rotatable bonds is 5. The van der Waals surface area contributed by atoms with Crippen LogP contribution in [0.3, 0.4) is 0 Å². The van der Waals surface area contributed by atoms with Gasteiger partial charge in [0.25, 0.3) is 0 Å². The summed E-state index contributed by atoms with van der Waals surface area (Å²) in [5.41, 5.74) is 1.94. The first kappa shape index (κ1) is 18.9. The summed E-state index contributed by atoms with van der Waals surface area (Å²) < 4.78 is 9.76. The molecule has 28 heavy (non-hydrogen) atoms. The SMILES string of the molecule is COc1ccc(-c2nn(CN3CCC[C@H](O)C3)c(=S)n2-c2ccccc2)cc1. The summed E-state index contributed by atoms with van der Waals surface area (Å²) in [7, 11) is 1.66. The lowest BCUT2D eigenvalue weighted by atomic mass is 10.1. The number of hydrogen-bond donors (Lipinski definition) is 1. The van der Waals surface area contributed by atoms with Gasteiger partial charge in [-0.25, -0.2) is 4.68 Å². The maximum atomic E-state index is 9.98. The second kappa shape index (κ2) is 8.26. The van der Waals surface area contributed by atoms with Crippen molar-refractivity contribution in [3.8, 4) is 22.8 Å². The van der Waals surface area contributed by atoms with E-state index in [1.165, 1.54) is 0 Å². The lowest BCUT2D eigenvalue weighted by Crippen LogP contribution is -2.39. The molecular formula is C21H24N4O2S. The fourth-order valence-corrected chi connectivity index (χ4v) is 3.88. The summed E-state index contributed by atoms with van der Waals surface area (Å²) in [6, 6.07) is 17.9. The number of aliphatic hydroxyl groups excluding tert-OH is 1. The van der Waals surface area contributed by atoms with Crippen molar-refractivity contribution >= 4 is 12.2 Å². The molecule has 1 aliphatic rings. The predicted octanol–water partition coefficient (Wildman–Crippen LogP) is 3.49. The lowest BCUT2D eigenvalue weighted by Gasteiger charge is -2.29. The van der Waals surface area contributed by atoms with Crippen LogP contribution in [0.15, 0.2) is 54.6 Å². The molecule has 1 N–H and O–H groups in total. The van der Waals surface area contributed by atoms with Crippen LogP contribution in [0.1, 0.15) is 12.8 Å². The molecule has 2 aromatic carbocycles. The van der Waals surface area contributed by atoms with Crippen molar-refractivity contribution < 1.29 is 9.84 Å². The highest BCUT2D eigenvalue weighted by Gasteiger charge is 2.20. The van der Waals surface area contributed by atoms with Crippen LogP contribution in [0.2, 0.25) is 0 Å². The number of hydrogen-bond acceptors (Lipinski definition) is 5. The maximum Gasteiger partial charge on any atom is 0.204 e. The zero-order valence-corrected chi connectivity index (χ0v) is 16.7. The van der Waals surface area contributed by atoms with Crippen LogP contribution in [0, 0.1) is 4.77 Å². The van der Waals surface area contributed by atoms with Gasteiger partial charge in [-0.3, -0.25) is 9.47 Å². The zero-order chi connectivity index (χ0) is 19.5. The summed E-state index contributed by atoms with van der Waals surface area (Å²) in [4.78, 5) is 2.20. The molecule has 1 atom stereocenters. The van der Waals surface area contributed by atoms with Crippen molar-refractivity contribution in [1.29, 1.82) is 0 Å². The summed E-state index contributed by atoms with van der Waals surface area (Å²) >= 11 is 5.79. The Morgan fingerprint density at radius 3 is 2.57 bits per heavy atom. The highest BCUT2D eigenvalue weighted by atomic mass is 32.1.